The lowest BCUT2D eigenvalue weighted by molar-refractivity contribution is -0.131. The number of nitrogens with one attached hydrogen (secondary N) is 4. The zero-order valence-electron chi connectivity index (χ0n) is 55.6. The Kier molecular flexibility index (Phi) is 24.5. The molecule has 101 heavy (non-hydrogen) atoms. The first-order valence-electron chi connectivity index (χ1n) is 33.1. The number of hydrogen-bond donors (Lipinski definition) is 7. The summed E-state index contributed by atoms with van der Waals surface area (Å²) >= 11 is 24.2. The molecule has 3 fully saturated rings. The van der Waals surface area contributed by atoms with E-state index in [2.05, 4.69) is 60.6 Å². The van der Waals surface area contributed by atoms with Crippen molar-refractivity contribution in [3.8, 4) is 0 Å². The van der Waals surface area contributed by atoms with Gasteiger partial charge in [-0.2, -0.15) is 0 Å². The van der Waals surface area contributed by atoms with Crippen LogP contribution in [-0.2, 0) is 29.6 Å². The maximum absolute atomic E-state index is 13.4. The van der Waals surface area contributed by atoms with E-state index in [0.717, 1.165) is 83.6 Å². The number of H-pyrrole nitrogens is 1. The zero-order chi connectivity index (χ0) is 71.4. The predicted octanol–water partition coefficient (Wildman–Crippen LogP) is 8.88. The van der Waals surface area contributed by atoms with Crippen molar-refractivity contribution in [2.24, 2.45) is 0 Å². The molecular weight excluding hydrogens is 1420 g/mol. The molecule has 0 saturated carbocycles. The van der Waals surface area contributed by atoms with Gasteiger partial charge in [0, 0.05) is 121 Å². The molecule has 0 aliphatic carbocycles. The molecule has 3 aliphatic rings. The summed E-state index contributed by atoms with van der Waals surface area (Å²) in [5.74, 6) is 1.84. The number of rotatable bonds is 22. The minimum Gasteiger partial charge on any atom is -0.395 e. The SMILES string of the molecule is Cc1ccc(S(=O)(=O)n2ccc3c(N(CCO)[C@@H]4CCCN(C(=O)CNc5cc(Cl)cc(Cl)c5)C4)ncnc32)cc1.Cc1ccc(S(=O)(=O)n2ccc3c(N(CCO)[C@@H]4CCCNC4)ncnc32)cc1.O=C(CNc1cc(Cl)cc(Cl)c1)N1CCC[C@@H](N(CCO)c2ncnc3[nH]ccc23)C1. The predicted molar refractivity (Wildman–Crippen MR) is 395 cm³/mol. The number of halogens is 4. The number of piperidine rings is 3. The summed E-state index contributed by atoms with van der Waals surface area (Å²) in [6, 6.07) is 29.0. The van der Waals surface area contributed by atoms with E-state index in [0.29, 0.717) is 98.8 Å². The Morgan fingerprint density at radius 1 is 0.525 bits per heavy atom. The summed E-state index contributed by atoms with van der Waals surface area (Å²) in [6.45, 7) is 9.05. The monoisotopic (exact) mass is 1490 g/mol. The van der Waals surface area contributed by atoms with E-state index in [9.17, 15) is 41.7 Å². The number of fused-ring (bicyclic) bond motifs is 3. The molecule has 0 unspecified atom stereocenters. The van der Waals surface area contributed by atoms with Crippen LogP contribution in [0.25, 0.3) is 33.1 Å². The van der Waals surface area contributed by atoms with Crippen LogP contribution in [0, 0.1) is 13.8 Å². The number of likely N-dealkylation sites (tertiary alicyclic amines) is 2. The van der Waals surface area contributed by atoms with Crippen LogP contribution in [0.15, 0.2) is 150 Å². The summed E-state index contributed by atoms with van der Waals surface area (Å²) in [5, 5.41) is 42.9. The first kappa shape index (κ1) is 73.8. The second-order valence-electron chi connectivity index (χ2n) is 24.7. The maximum Gasteiger partial charge on any atom is 0.269 e. The quantitative estimate of drug-likeness (QED) is 0.0333. The van der Waals surface area contributed by atoms with Crippen molar-refractivity contribution in [2.75, 3.05) is 117 Å². The Hall–Kier alpha value is -8.42. The van der Waals surface area contributed by atoms with Gasteiger partial charge in [0.2, 0.25) is 11.8 Å². The van der Waals surface area contributed by atoms with Gasteiger partial charge < -0.3 is 60.8 Å². The van der Waals surface area contributed by atoms with E-state index in [-0.39, 0.29) is 84.8 Å². The Labute approximate surface area is 605 Å². The molecule has 13 rings (SSSR count). The average Bonchev–Trinajstić information content (AvgIpc) is 1.65. The van der Waals surface area contributed by atoms with Crippen molar-refractivity contribution in [3.63, 3.8) is 0 Å². The van der Waals surface area contributed by atoms with Crippen molar-refractivity contribution in [1.82, 2.24) is 57.9 Å². The van der Waals surface area contributed by atoms with E-state index in [1.165, 1.54) is 35.3 Å². The van der Waals surface area contributed by atoms with Crippen LogP contribution < -0.4 is 30.7 Å². The summed E-state index contributed by atoms with van der Waals surface area (Å²) in [5.41, 5.74) is 4.63. The van der Waals surface area contributed by atoms with Crippen molar-refractivity contribution in [2.45, 2.75) is 80.3 Å². The molecule has 4 aromatic carbocycles. The molecule has 26 nitrogen and oxygen atoms in total. The highest BCUT2D eigenvalue weighted by Crippen LogP contribution is 2.34. The van der Waals surface area contributed by atoms with Crippen molar-refractivity contribution in [3.05, 3.63) is 172 Å². The topological polar surface area (TPSA) is 318 Å². The number of hydrogen-bond acceptors (Lipinski definition) is 21. The van der Waals surface area contributed by atoms with Gasteiger partial charge in [-0.25, -0.2) is 54.7 Å². The molecule has 0 radical (unpaired) electrons. The summed E-state index contributed by atoms with van der Waals surface area (Å²) in [4.78, 5) is 65.4. The Morgan fingerprint density at radius 3 is 1.35 bits per heavy atom. The number of aromatic amines is 1. The number of aliphatic hydroxyl groups excluding tert-OH is 3. The first-order chi connectivity index (χ1) is 48.7. The second-order valence-corrected chi connectivity index (χ2v) is 30.1. The highest BCUT2D eigenvalue weighted by Gasteiger charge is 2.33. The summed E-state index contributed by atoms with van der Waals surface area (Å²) in [6.07, 6.45) is 14.4. The molecule has 3 atom stereocenters. The Balaban J connectivity index is 0.000000155. The van der Waals surface area contributed by atoms with Crippen LogP contribution in [0.5, 0.6) is 0 Å². The molecule has 32 heteroatoms. The first-order valence-corrected chi connectivity index (χ1v) is 37.5. The van der Waals surface area contributed by atoms with E-state index in [4.69, 9.17) is 46.4 Å². The molecule has 6 aromatic heterocycles. The highest BCUT2D eigenvalue weighted by molar-refractivity contribution is 7.90. The molecule has 7 N–H and O–H groups in total. The highest BCUT2D eigenvalue weighted by atomic mass is 35.5. The smallest absolute Gasteiger partial charge is 0.269 e. The van der Waals surface area contributed by atoms with Gasteiger partial charge >= 0.3 is 0 Å². The summed E-state index contributed by atoms with van der Waals surface area (Å²) < 4.78 is 55.6. The van der Waals surface area contributed by atoms with Crippen molar-refractivity contribution < 1.29 is 41.7 Å². The third-order valence-electron chi connectivity index (χ3n) is 17.9. The molecule has 2 amide bonds. The van der Waals surface area contributed by atoms with E-state index in [1.54, 1.807) is 102 Å². The van der Waals surface area contributed by atoms with Gasteiger partial charge in [-0.1, -0.05) is 81.8 Å². The van der Waals surface area contributed by atoms with Crippen LogP contribution in [0.4, 0.5) is 28.8 Å². The standard InChI is InChI=1S/C28H30Cl2N6O4S.C21H24Cl2N6O2.C20H25N5O3S/c1-19-4-6-24(7-5-19)41(39,40)36-10-8-25-27(32-18-33-28(25)36)35(11-12-37)23-3-2-9-34(17-23)26(38)16-31-22-14-20(29)13-21(30)15-22;22-14-8-15(23)10-16(9-14)25-11-19(31)28-5-1-2-17(12-28)29(6-7-30)21-18-3-4-24-20(18)26-13-27-21;1-15-4-6-17(7-5-15)29(27,28)25-10-8-18-19(22-14-23-20(18)25)24(11-12-26)16-3-2-9-21-13-16/h4-8,10,13-15,18,23,31,37H,2-3,9,11-12,16-17H2,1H3;3-4,8-10,13,17,25,30H,1-2,5-7,11-12H2,(H,24,26,27);4-8,10,14,16,21,26H,2-3,9,11-13H2,1H3/t23-;17-;16-/m111/s1. The number of nitrogens with zero attached hydrogens (tertiary/aromatic N) is 13. The van der Waals surface area contributed by atoms with Gasteiger partial charge in [-0.05, 0) is 138 Å². The largest absolute Gasteiger partial charge is 0.395 e. The van der Waals surface area contributed by atoms with Gasteiger partial charge in [-0.3, -0.25) is 9.59 Å². The number of aliphatic hydroxyl groups is 3. The maximum atomic E-state index is 13.4. The fraction of sp³-hybridized carbons (Fsp3) is 0.362. The summed E-state index contributed by atoms with van der Waals surface area (Å²) in [7, 11) is -7.66. The van der Waals surface area contributed by atoms with E-state index >= 15 is 0 Å². The Morgan fingerprint density at radius 2 is 0.931 bits per heavy atom. The molecule has 0 bridgehead atoms. The molecular formula is C69H79Cl4N17O9S2. The number of aromatic nitrogens is 9. The molecule has 0 spiro atoms. The van der Waals surface area contributed by atoms with Crippen LogP contribution in [0.2, 0.25) is 20.1 Å². The van der Waals surface area contributed by atoms with E-state index < -0.39 is 20.0 Å². The van der Waals surface area contributed by atoms with Gasteiger partial charge in [0.25, 0.3) is 20.0 Å². The number of carbonyl (C=O) groups excluding carboxylic acids is 2. The van der Waals surface area contributed by atoms with Crippen LogP contribution in [0.3, 0.4) is 0 Å². The molecule has 3 aliphatic heterocycles. The number of benzene rings is 4. The number of carbonyl (C=O) groups is 2. The van der Waals surface area contributed by atoms with Gasteiger partial charge in [-0.15, -0.1) is 0 Å². The lowest BCUT2D eigenvalue weighted by atomic mass is 10.0. The number of anilines is 5. The fourth-order valence-electron chi connectivity index (χ4n) is 13.0. The molecule has 534 valence electrons. The fourth-order valence-corrected chi connectivity index (χ4v) is 16.6. The lowest BCUT2D eigenvalue weighted by Crippen LogP contribution is -2.52. The second kappa shape index (κ2) is 33.6. The van der Waals surface area contributed by atoms with E-state index in [1.807, 2.05) is 35.9 Å². The molecule has 3 saturated heterocycles. The van der Waals surface area contributed by atoms with Crippen LogP contribution in [0.1, 0.15) is 49.7 Å². The number of amides is 2. The third-order valence-corrected chi connectivity index (χ3v) is 22.1. The van der Waals surface area contributed by atoms with Gasteiger partial charge in [0.1, 0.15) is 42.1 Å². The molecule has 10 aromatic rings. The molecule has 9 heterocycles. The Bertz CT molecular complexity index is 4700. The third kappa shape index (κ3) is 17.6. The van der Waals surface area contributed by atoms with Gasteiger partial charge in [0.05, 0.1) is 58.9 Å². The normalized spacial score (nSPS) is 16.5. The van der Waals surface area contributed by atoms with Crippen molar-refractivity contribution >= 4 is 140 Å². The average molecular weight is 1500 g/mol. The minimum atomic E-state index is -3.89. The van der Waals surface area contributed by atoms with Crippen LogP contribution >= 0.6 is 46.4 Å². The lowest BCUT2D eigenvalue weighted by Gasteiger charge is -2.40. The zero-order valence-corrected chi connectivity index (χ0v) is 60.2. The van der Waals surface area contributed by atoms with Crippen LogP contribution in [-0.4, -0.2) is 207 Å². The van der Waals surface area contributed by atoms with Gasteiger partial charge in [0.15, 0.2) is 11.3 Å². The number of aryl methyl sites for hydroxylation is 2. The minimum absolute atomic E-state index is 0.000717. The van der Waals surface area contributed by atoms with Crippen molar-refractivity contribution in [1.29, 1.82) is 0 Å².